The number of nitrogens with zero attached hydrogens (tertiary/aromatic N) is 2. The first-order chi connectivity index (χ1) is 16.0. The molecule has 1 aromatic rings. The van der Waals surface area contributed by atoms with Crippen molar-refractivity contribution in [1.29, 1.82) is 0 Å². The van der Waals surface area contributed by atoms with E-state index in [-0.39, 0.29) is 29.4 Å². The maximum absolute atomic E-state index is 12.9. The van der Waals surface area contributed by atoms with Crippen molar-refractivity contribution in [2.45, 2.75) is 90.1 Å². The van der Waals surface area contributed by atoms with Gasteiger partial charge in [0.2, 0.25) is 0 Å². The number of methoxy groups -OCH3 is 1. The second kappa shape index (κ2) is 11.4. The Balaban J connectivity index is 2.05. The highest BCUT2D eigenvalue weighted by atomic mass is 32.1. The second-order valence-electron chi connectivity index (χ2n) is 11.5. The summed E-state index contributed by atoms with van der Waals surface area (Å²) in [6.45, 7) is 17.2. The van der Waals surface area contributed by atoms with Crippen molar-refractivity contribution in [1.82, 2.24) is 15.2 Å². The predicted molar refractivity (Wildman–Crippen MR) is 138 cm³/mol. The van der Waals surface area contributed by atoms with Crippen LogP contribution in [0.15, 0.2) is 5.38 Å². The lowest BCUT2D eigenvalue weighted by molar-refractivity contribution is -0.143. The SMILES string of the molecule is COC(=O)[C@H](CO[Si](C)(C)C(C)(C)C)NC(=O)c1csc(C2CCCN(C(=O)OC(C)(C)C)C2)n1. The smallest absolute Gasteiger partial charge is 0.410 e. The molecule has 2 atom stereocenters. The molecule has 35 heavy (non-hydrogen) atoms. The Labute approximate surface area is 214 Å². The Morgan fingerprint density at radius 2 is 1.89 bits per heavy atom. The van der Waals surface area contributed by atoms with Crippen molar-refractivity contribution < 1.29 is 28.3 Å². The van der Waals surface area contributed by atoms with Gasteiger partial charge in [0, 0.05) is 24.4 Å². The van der Waals surface area contributed by atoms with Gasteiger partial charge in [0.25, 0.3) is 5.91 Å². The third-order valence-electron chi connectivity index (χ3n) is 6.38. The van der Waals surface area contributed by atoms with E-state index in [4.69, 9.17) is 13.9 Å². The zero-order chi connectivity index (χ0) is 26.6. The number of esters is 1. The molecule has 0 aromatic carbocycles. The van der Waals surface area contributed by atoms with Crippen molar-refractivity contribution in [2.24, 2.45) is 0 Å². The van der Waals surface area contributed by atoms with Crippen molar-refractivity contribution >= 4 is 37.6 Å². The number of hydrogen-bond acceptors (Lipinski definition) is 8. The number of aromatic nitrogens is 1. The van der Waals surface area contributed by atoms with Crippen LogP contribution in [0.5, 0.6) is 0 Å². The van der Waals surface area contributed by atoms with E-state index in [0.29, 0.717) is 13.1 Å². The van der Waals surface area contributed by atoms with Crippen LogP contribution in [-0.2, 0) is 18.7 Å². The lowest BCUT2D eigenvalue weighted by Crippen LogP contribution is -2.49. The lowest BCUT2D eigenvalue weighted by Gasteiger charge is -2.37. The molecule has 9 nitrogen and oxygen atoms in total. The van der Waals surface area contributed by atoms with Gasteiger partial charge in [-0.2, -0.15) is 0 Å². The fourth-order valence-corrected chi connectivity index (χ4v) is 5.25. The molecular weight excluding hydrogens is 486 g/mol. The molecule has 0 radical (unpaired) electrons. The van der Waals surface area contributed by atoms with Crippen LogP contribution in [0.4, 0.5) is 4.79 Å². The minimum atomic E-state index is -2.12. The average Bonchev–Trinajstić information content (AvgIpc) is 3.24. The number of rotatable bonds is 7. The maximum Gasteiger partial charge on any atom is 0.410 e. The number of carbonyl (C=O) groups is 3. The second-order valence-corrected chi connectivity index (χ2v) is 17.2. The van der Waals surface area contributed by atoms with Gasteiger partial charge in [-0.15, -0.1) is 11.3 Å². The van der Waals surface area contributed by atoms with Crippen LogP contribution in [0.1, 0.15) is 75.8 Å². The summed E-state index contributed by atoms with van der Waals surface area (Å²) in [7, 11) is -0.835. The van der Waals surface area contributed by atoms with Crippen LogP contribution >= 0.6 is 11.3 Å². The molecule has 2 rings (SSSR count). The number of thiazole rings is 1. The van der Waals surface area contributed by atoms with Crippen LogP contribution < -0.4 is 5.32 Å². The van der Waals surface area contributed by atoms with Crippen molar-refractivity contribution in [3.8, 4) is 0 Å². The highest BCUT2D eigenvalue weighted by molar-refractivity contribution is 7.09. The number of likely N-dealkylation sites (tertiary alicyclic amines) is 1. The summed E-state index contributed by atoms with van der Waals surface area (Å²) in [5.41, 5.74) is -0.318. The molecule has 0 saturated carbocycles. The van der Waals surface area contributed by atoms with E-state index < -0.39 is 31.8 Å². The van der Waals surface area contributed by atoms with Gasteiger partial charge in [-0.05, 0) is 51.7 Å². The van der Waals surface area contributed by atoms with Gasteiger partial charge in [0.1, 0.15) is 17.3 Å². The van der Waals surface area contributed by atoms with Gasteiger partial charge < -0.3 is 24.1 Å². The largest absolute Gasteiger partial charge is 0.467 e. The molecule has 1 aromatic heterocycles. The van der Waals surface area contributed by atoms with Crippen molar-refractivity contribution in [2.75, 3.05) is 26.8 Å². The van der Waals surface area contributed by atoms with Crippen molar-refractivity contribution in [3.63, 3.8) is 0 Å². The Bertz CT molecular complexity index is 906. The zero-order valence-corrected chi connectivity index (χ0v) is 24.3. The van der Waals surface area contributed by atoms with E-state index in [1.54, 1.807) is 10.3 Å². The first-order valence-corrected chi connectivity index (χ1v) is 15.8. The summed E-state index contributed by atoms with van der Waals surface area (Å²) < 4.78 is 16.5. The van der Waals surface area contributed by atoms with E-state index >= 15 is 0 Å². The van der Waals surface area contributed by atoms with Crippen molar-refractivity contribution in [3.05, 3.63) is 16.1 Å². The Morgan fingerprint density at radius 1 is 1.23 bits per heavy atom. The van der Waals surface area contributed by atoms with E-state index in [1.807, 2.05) is 20.8 Å². The summed E-state index contributed by atoms with van der Waals surface area (Å²) >= 11 is 1.38. The quantitative estimate of drug-likeness (QED) is 0.409. The summed E-state index contributed by atoms with van der Waals surface area (Å²) in [5.74, 6) is -0.990. The Kier molecular flexibility index (Phi) is 9.51. The Hall–Kier alpha value is -1.98. The number of piperidine rings is 1. The summed E-state index contributed by atoms with van der Waals surface area (Å²) in [6.07, 6.45) is 1.37. The fraction of sp³-hybridized carbons (Fsp3) is 0.750. The maximum atomic E-state index is 12.9. The normalized spacial score (nSPS) is 18.1. The number of hydrogen-bond donors (Lipinski definition) is 1. The average molecular weight is 528 g/mol. The zero-order valence-electron chi connectivity index (χ0n) is 22.5. The molecule has 0 bridgehead atoms. The minimum absolute atomic E-state index is 0.0288. The molecule has 1 N–H and O–H groups in total. The highest BCUT2D eigenvalue weighted by Crippen LogP contribution is 2.36. The molecule has 1 fully saturated rings. The molecule has 0 aliphatic carbocycles. The van der Waals surface area contributed by atoms with Crippen LogP contribution in [0.2, 0.25) is 18.1 Å². The Morgan fingerprint density at radius 3 is 2.46 bits per heavy atom. The number of ether oxygens (including phenoxy) is 2. The van der Waals surface area contributed by atoms with E-state index in [9.17, 15) is 14.4 Å². The molecule has 2 amide bonds. The molecule has 1 aliphatic rings. The number of nitrogens with one attached hydrogen (secondary N) is 1. The monoisotopic (exact) mass is 527 g/mol. The van der Waals surface area contributed by atoms with E-state index in [0.717, 1.165) is 17.8 Å². The van der Waals surface area contributed by atoms with Gasteiger partial charge in [-0.1, -0.05) is 20.8 Å². The lowest BCUT2D eigenvalue weighted by atomic mass is 9.99. The molecule has 2 heterocycles. The predicted octanol–water partition coefficient (Wildman–Crippen LogP) is 4.55. The molecule has 11 heteroatoms. The first kappa shape index (κ1) is 29.2. The summed E-state index contributed by atoms with van der Waals surface area (Å²) in [6, 6.07) is -0.927. The van der Waals surface area contributed by atoms with Crippen LogP contribution in [0, 0.1) is 0 Å². The molecule has 1 unspecified atom stereocenters. The van der Waals surface area contributed by atoms with Gasteiger partial charge in [0.15, 0.2) is 8.32 Å². The topological polar surface area (TPSA) is 107 Å². The highest BCUT2D eigenvalue weighted by Gasteiger charge is 2.39. The number of carbonyl (C=O) groups excluding carboxylic acids is 3. The van der Waals surface area contributed by atoms with Gasteiger partial charge in [-0.25, -0.2) is 14.6 Å². The van der Waals surface area contributed by atoms with Gasteiger partial charge in [0.05, 0.1) is 18.7 Å². The van der Waals surface area contributed by atoms with Gasteiger partial charge >= 0.3 is 12.1 Å². The molecule has 198 valence electrons. The first-order valence-electron chi connectivity index (χ1n) is 12.0. The number of amides is 2. The van der Waals surface area contributed by atoms with E-state index in [2.05, 4.69) is 44.2 Å². The third-order valence-corrected chi connectivity index (χ3v) is 11.9. The standard InChI is InChI=1S/C24H41N3O6SSi/c1-23(2,3)33-22(30)27-12-10-11-16(13-27)20-26-18(15-34-20)19(28)25-17(21(29)31-7)14-32-35(8,9)24(4,5)6/h15-17H,10-14H2,1-9H3,(H,25,28)/t16?,17-/m0/s1. The van der Waals surface area contributed by atoms with E-state index in [1.165, 1.54) is 18.4 Å². The van der Waals surface area contributed by atoms with Gasteiger partial charge in [-0.3, -0.25) is 4.79 Å². The third kappa shape index (κ3) is 8.28. The summed E-state index contributed by atoms with van der Waals surface area (Å²) in [5, 5.41) is 5.16. The van der Waals surface area contributed by atoms with Crippen LogP contribution in [0.25, 0.3) is 0 Å². The molecule has 1 aliphatic heterocycles. The van der Waals surface area contributed by atoms with Crippen LogP contribution in [-0.4, -0.2) is 74.6 Å². The molecule has 0 spiro atoms. The molecule has 1 saturated heterocycles. The fourth-order valence-electron chi connectivity index (χ4n) is 3.30. The van der Waals surface area contributed by atoms with Crippen LogP contribution in [0.3, 0.4) is 0 Å². The summed E-state index contributed by atoms with van der Waals surface area (Å²) in [4.78, 5) is 44.0. The molecular formula is C24H41N3O6SSi. The minimum Gasteiger partial charge on any atom is -0.467 e.